The van der Waals surface area contributed by atoms with E-state index in [4.69, 9.17) is 11.6 Å². The van der Waals surface area contributed by atoms with Gasteiger partial charge in [0.1, 0.15) is 5.82 Å². The number of benzene rings is 1. The van der Waals surface area contributed by atoms with Crippen LogP contribution in [0.15, 0.2) is 34.9 Å². The van der Waals surface area contributed by atoms with Crippen LogP contribution in [0.1, 0.15) is 19.8 Å². The first-order valence-electron chi connectivity index (χ1n) is 6.08. The van der Waals surface area contributed by atoms with E-state index in [9.17, 15) is 0 Å². The van der Waals surface area contributed by atoms with Crippen molar-refractivity contribution in [2.24, 2.45) is 0 Å². The number of hydrogen-bond acceptors (Lipinski definition) is 2. The monoisotopic (exact) mass is 326 g/mol. The predicted octanol–water partition coefficient (Wildman–Crippen LogP) is 4.82. The molecule has 1 heterocycles. The van der Waals surface area contributed by atoms with Crippen molar-refractivity contribution in [3.63, 3.8) is 0 Å². The third-order valence-electron chi connectivity index (χ3n) is 2.91. The Morgan fingerprint density at radius 1 is 1.33 bits per heavy atom. The van der Waals surface area contributed by atoms with Crippen LogP contribution in [0, 0.1) is 0 Å². The zero-order valence-electron chi connectivity index (χ0n) is 10.3. The van der Waals surface area contributed by atoms with Gasteiger partial charge in [-0.05, 0) is 31.9 Å². The smallest absolute Gasteiger partial charge is 0.134 e. The molecule has 4 heteroatoms. The highest BCUT2D eigenvalue weighted by molar-refractivity contribution is 9.10. The van der Waals surface area contributed by atoms with E-state index in [1.807, 2.05) is 24.4 Å². The van der Waals surface area contributed by atoms with Crippen molar-refractivity contribution in [2.45, 2.75) is 25.8 Å². The summed E-state index contributed by atoms with van der Waals surface area (Å²) >= 11 is 9.28. The number of hydrogen-bond donors (Lipinski definition) is 1. The fourth-order valence-corrected chi connectivity index (χ4v) is 2.63. The second-order valence-electron chi connectivity index (χ2n) is 4.37. The average Bonchev–Trinajstić information content (AvgIpc) is 2.38. The lowest BCUT2D eigenvalue weighted by Crippen LogP contribution is -2.16. The van der Waals surface area contributed by atoms with Crippen LogP contribution in [0.5, 0.6) is 0 Å². The second kappa shape index (κ2) is 6.39. The van der Waals surface area contributed by atoms with Gasteiger partial charge in [-0.3, -0.25) is 0 Å². The van der Waals surface area contributed by atoms with Gasteiger partial charge in [0.25, 0.3) is 0 Å². The second-order valence-corrected chi connectivity index (χ2v) is 5.60. The summed E-state index contributed by atoms with van der Waals surface area (Å²) < 4.78 is 1.10. The summed E-state index contributed by atoms with van der Waals surface area (Å²) in [6, 6.07) is 8.56. The third-order valence-corrected chi connectivity index (χ3v) is 3.87. The molecule has 0 saturated heterocycles. The molecule has 1 aromatic carbocycles. The van der Waals surface area contributed by atoms with Gasteiger partial charge in [-0.1, -0.05) is 28.1 Å². The number of anilines is 1. The maximum atomic E-state index is 5.71. The Hall–Kier alpha value is -0.800. The van der Waals surface area contributed by atoms with Gasteiger partial charge in [-0.15, -0.1) is 11.6 Å². The van der Waals surface area contributed by atoms with E-state index in [2.05, 4.69) is 39.2 Å². The van der Waals surface area contributed by atoms with Crippen LogP contribution in [-0.2, 0) is 0 Å². The van der Waals surface area contributed by atoms with E-state index in [0.717, 1.165) is 28.5 Å². The lowest BCUT2D eigenvalue weighted by molar-refractivity contribution is 0.691. The van der Waals surface area contributed by atoms with Crippen molar-refractivity contribution in [1.82, 2.24) is 4.98 Å². The fourth-order valence-electron chi connectivity index (χ4n) is 1.97. The normalized spacial score (nSPS) is 12.6. The quantitative estimate of drug-likeness (QED) is 0.797. The van der Waals surface area contributed by atoms with Crippen molar-refractivity contribution in [3.8, 4) is 0 Å². The van der Waals surface area contributed by atoms with Crippen molar-refractivity contribution < 1.29 is 0 Å². The van der Waals surface area contributed by atoms with Gasteiger partial charge in [0.05, 0.1) is 0 Å². The molecule has 96 valence electrons. The Kier molecular flexibility index (Phi) is 4.84. The Bertz CT molecular complexity index is 530. The number of nitrogens with zero attached hydrogens (tertiary/aromatic N) is 1. The minimum atomic E-state index is 0.376. The molecule has 0 bridgehead atoms. The Morgan fingerprint density at radius 3 is 2.94 bits per heavy atom. The summed E-state index contributed by atoms with van der Waals surface area (Å²) in [5.74, 6) is 1.65. The van der Waals surface area contributed by atoms with Crippen LogP contribution in [0.25, 0.3) is 10.8 Å². The molecule has 0 spiro atoms. The van der Waals surface area contributed by atoms with E-state index in [1.54, 1.807) is 0 Å². The highest BCUT2D eigenvalue weighted by Crippen LogP contribution is 2.28. The molecule has 1 unspecified atom stereocenters. The topological polar surface area (TPSA) is 24.9 Å². The van der Waals surface area contributed by atoms with Gasteiger partial charge >= 0.3 is 0 Å². The highest BCUT2D eigenvalue weighted by Gasteiger charge is 2.07. The molecule has 0 radical (unpaired) electrons. The number of pyridine rings is 1. The first-order valence-corrected chi connectivity index (χ1v) is 7.41. The van der Waals surface area contributed by atoms with Crippen molar-refractivity contribution >= 4 is 44.1 Å². The van der Waals surface area contributed by atoms with Gasteiger partial charge in [0, 0.05) is 33.4 Å². The van der Waals surface area contributed by atoms with Crippen LogP contribution >= 0.6 is 27.5 Å². The van der Waals surface area contributed by atoms with Crippen LogP contribution < -0.4 is 5.32 Å². The van der Waals surface area contributed by atoms with E-state index >= 15 is 0 Å². The molecule has 2 aromatic rings. The third kappa shape index (κ3) is 3.15. The van der Waals surface area contributed by atoms with E-state index in [-0.39, 0.29) is 0 Å². The summed E-state index contributed by atoms with van der Waals surface area (Å²) in [5.41, 5.74) is 0. The van der Waals surface area contributed by atoms with Gasteiger partial charge in [-0.2, -0.15) is 0 Å². The SMILES string of the molecule is CC(CCCCl)Nc1nccc2c(Br)cccc12. The summed E-state index contributed by atoms with van der Waals surface area (Å²) in [6.07, 6.45) is 3.91. The van der Waals surface area contributed by atoms with Gasteiger partial charge in [0.2, 0.25) is 0 Å². The standard InChI is InChI=1S/C14H16BrClN2/c1-10(4-3-8-16)18-14-12-5-2-6-13(15)11(12)7-9-17-14/h2,5-7,9-10H,3-4,8H2,1H3,(H,17,18). The fraction of sp³-hybridized carbons (Fsp3) is 0.357. The molecule has 1 N–H and O–H groups in total. The minimum absolute atomic E-state index is 0.376. The number of alkyl halides is 1. The molecular formula is C14H16BrClN2. The average molecular weight is 328 g/mol. The largest absolute Gasteiger partial charge is 0.367 e. The van der Waals surface area contributed by atoms with Crippen molar-refractivity contribution in [3.05, 3.63) is 34.9 Å². The molecule has 0 saturated carbocycles. The van der Waals surface area contributed by atoms with Crippen LogP contribution in [0.3, 0.4) is 0 Å². The predicted molar refractivity (Wildman–Crippen MR) is 82.5 cm³/mol. The molecule has 0 aliphatic heterocycles. The maximum absolute atomic E-state index is 5.71. The van der Waals surface area contributed by atoms with Crippen molar-refractivity contribution in [2.75, 3.05) is 11.2 Å². The molecule has 18 heavy (non-hydrogen) atoms. The summed E-state index contributed by atoms with van der Waals surface area (Å²) in [6.45, 7) is 2.16. The highest BCUT2D eigenvalue weighted by atomic mass is 79.9. The first kappa shape index (κ1) is 13.6. The first-order chi connectivity index (χ1) is 8.72. The van der Waals surface area contributed by atoms with E-state index in [0.29, 0.717) is 11.9 Å². The Balaban J connectivity index is 2.25. The van der Waals surface area contributed by atoms with Crippen molar-refractivity contribution in [1.29, 1.82) is 0 Å². The molecule has 0 aliphatic rings. The number of nitrogens with one attached hydrogen (secondary N) is 1. The summed E-state index contributed by atoms with van der Waals surface area (Å²) in [7, 11) is 0. The maximum Gasteiger partial charge on any atom is 0.134 e. The zero-order valence-corrected chi connectivity index (χ0v) is 12.6. The van der Waals surface area contributed by atoms with Crippen LogP contribution in [0.4, 0.5) is 5.82 Å². The van der Waals surface area contributed by atoms with Gasteiger partial charge in [0.15, 0.2) is 0 Å². The molecule has 1 atom stereocenters. The summed E-state index contributed by atoms with van der Waals surface area (Å²) in [4.78, 5) is 4.43. The Morgan fingerprint density at radius 2 is 2.17 bits per heavy atom. The molecular weight excluding hydrogens is 312 g/mol. The van der Waals surface area contributed by atoms with E-state index in [1.165, 1.54) is 5.39 Å². The zero-order chi connectivity index (χ0) is 13.0. The van der Waals surface area contributed by atoms with Gasteiger partial charge < -0.3 is 5.32 Å². The lowest BCUT2D eigenvalue weighted by Gasteiger charge is -2.15. The van der Waals surface area contributed by atoms with Crippen LogP contribution in [-0.4, -0.2) is 16.9 Å². The molecule has 2 nitrogen and oxygen atoms in total. The molecule has 0 amide bonds. The van der Waals surface area contributed by atoms with E-state index < -0.39 is 0 Å². The number of fused-ring (bicyclic) bond motifs is 1. The molecule has 1 aromatic heterocycles. The minimum Gasteiger partial charge on any atom is -0.367 e. The number of halogens is 2. The van der Waals surface area contributed by atoms with Gasteiger partial charge in [-0.25, -0.2) is 4.98 Å². The number of rotatable bonds is 5. The van der Waals surface area contributed by atoms with Crippen LogP contribution in [0.2, 0.25) is 0 Å². The molecule has 0 fully saturated rings. The lowest BCUT2D eigenvalue weighted by atomic mass is 10.1. The molecule has 0 aliphatic carbocycles. The Labute approximate surface area is 121 Å². The molecule has 2 rings (SSSR count). The number of aromatic nitrogens is 1. The summed E-state index contributed by atoms with van der Waals surface area (Å²) in [5, 5.41) is 5.78.